The van der Waals surface area contributed by atoms with Gasteiger partial charge in [-0.05, 0) is 37.6 Å². The van der Waals surface area contributed by atoms with Gasteiger partial charge >= 0.3 is 0 Å². The van der Waals surface area contributed by atoms with Crippen molar-refractivity contribution < 1.29 is 14.8 Å². The molecule has 2 atom stereocenters. The van der Waals surface area contributed by atoms with Crippen LogP contribution in [0.1, 0.15) is 24.3 Å². The lowest BCUT2D eigenvalue weighted by molar-refractivity contribution is -0.385. The summed E-state index contributed by atoms with van der Waals surface area (Å²) in [5.41, 5.74) is 1.04. The number of pyridine rings is 1. The molecule has 0 aliphatic carbocycles. The number of nitrogens with zero attached hydrogens (tertiary/aromatic N) is 2. The number of aromatic nitrogens is 1. The number of benzene rings is 1. The summed E-state index contributed by atoms with van der Waals surface area (Å²) in [4.78, 5) is 14.5. The van der Waals surface area contributed by atoms with Crippen LogP contribution in [0.5, 0.6) is 5.75 Å². The van der Waals surface area contributed by atoms with E-state index in [4.69, 9.17) is 4.74 Å². The second-order valence-electron chi connectivity index (χ2n) is 5.21. The molecule has 23 heavy (non-hydrogen) atoms. The van der Waals surface area contributed by atoms with Crippen molar-refractivity contribution >= 4 is 11.5 Å². The number of aliphatic hydroxyl groups excluding tert-OH is 1. The molecule has 2 rings (SSSR count). The fraction of sp³-hybridized carbons (Fsp3) is 0.312. The van der Waals surface area contributed by atoms with E-state index in [9.17, 15) is 15.2 Å². The maximum absolute atomic E-state index is 10.8. The molecule has 0 spiro atoms. The molecule has 0 amide bonds. The molecule has 0 unspecified atom stereocenters. The van der Waals surface area contributed by atoms with Gasteiger partial charge in [-0.1, -0.05) is 12.1 Å². The summed E-state index contributed by atoms with van der Waals surface area (Å²) in [5.74, 6) is 1.20. The minimum Gasteiger partial charge on any atom is -0.497 e. The fourth-order valence-corrected chi connectivity index (χ4v) is 2.23. The van der Waals surface area contributed by atoms with E-state index in [1.165, 1.54) is 12.1 Å². The summed E-state index contributed by atoms with van der Waals surface area (Å²) in [6.45, 7) is 3.39. The smallest absolute Gasteiger partial charge is 0.290 e. The van der Waals surface area contributed by atoms with E-state index >= 15 is 0 Å². The first-order chi connectivity index (χ1) is 10.9. The van der Waals surface area contributed by atoms with Crippen LogP contribution in [0.3, 0.4) is 0 Å². The maximum Gasteiger partial charge on any atom is 0.290 e. The van der Waals surface area contributed by atoms with Crippen LogP contribution in [0.4, 0.5) is 11.5 Å². The van der Waals surface area contributed by atoms with Crippen LogP contribution < -0.4 is 10.1 Å². The van der Waals surface area contributed by atoms with Crippen LogP contribution >= 0.6 is 0 Å². The van der Waals surface area contributed by atoms with Crippen molar-refractivity contribution in [3.05, 3.63) is 57.8 Å². The standard InChI is InChI=1S/C16H19N3O4/c1-10-14(19(21)22)8-9-15(17-10)18-11(2)16(20)12-4-6-13(23-3)7-5-12/h4-9,11,16,20H,1-3H3,(H,17,18)/t11-,16-/m1/s1. The number of aryl methyl sites for hydroxylation is 1. The first kappa shape index (κ1) is 16.7. The van der Waals surface area contributed by atoms with Gasteiger partial charge in [-0.25, -0.2) is 4.98 Å². The van der Waals surface area contributed by atoms with Gasteiger partial charge in [-0.3, -0.25) is 10.1 Å². The summed E-state index contributed by atoms with van der Waals surface area (Å²) in [6.07, 6.45) is -0.752. The van der Waals surface area contributed by atoms with E-state index < -0.39 is 11.0 Å². The average molecular weight is 317 g/mol. The predicted molar refractivity (Wildman–Crippen MR) is 86.7 cm³/mol. The minimum atomic E-state index is -0.752. The van der Waals surface area contributed by atoms with E-state index in [0.717, 1.165) is 5.56 Å². The predicted octanol–water partition coefficient (Wildman–Crippen LogP) is 2.84. The van der Waals surface area contributed by atoms with Crippen molar-refractivity contribution in [1.82, 2.24) is 4.98 Å². The molecule has 0 saturated carbocycles. The van der Waals surface area contributed by atoms with Crippen LogP contribution in [-0.4, -0.2) is 28.2 Å². The zero-order valence-electron chi connectivity index (χ0n) is 13.2. The fourth-order valence-electron chi connectivity index (χ4n) is 2.23. The zero-order valence-corrected chi connectivity index (χ0v) is 13.2. The largest absolute Gasteiger partial charge is 0.497 e. The summed E-state index contributed by atoms with van der Waals surface area (Å²) >= 11 is 0. The van der Waals surface area contributed by atoms with Gasteiger partial charge in [-0.15, -0.1) is 0 Å². The van der Waals surface area contributed by atoms with E-state index in [1.807, 2.05) is 6.92 Å². The Morgan fingerprint density at radius 2 is 1.91 bits per heavy atom. The molecule has 7 heteroatoms. The van der Waals surface area contributed by atoms with Gasteiger partial charge in [0, 0.05) is 6.07 Å². The third kappa shape index (κ3) is 3.95. The first-order valence-electron chi connectivity index (χ1n) is 7.13. The number of anilines is 1. The van der Waals surface area contributed by atoms with Crippen molar-refractivity contribution in [2.45, 2.75) is 26.0 Å². The van der Waals surface area contributed by atoms with E-state index in [1.54, 1.807) is 38.3 Å². The molecule has 1 aromatic carbocycles. The van der Waals surface area contributed by atoms with Gasteiger partial charge in [0.1, 0.15) is 17.3 Å². The third-order valence-corrected chi connectivity index (χ3v) is 3.56. The Kier molecular flexibility index (Phi) is 5.13. The number of aliphatic hydroxyl groups is 1. The Hall–Kier alpha value is -2.67. The topological polar surface area (TPSA) is 97.5 Å². The Morgan fingerprint density at radius 1 is 1.26 bits per heavy atom. The molecule has 0 aliphatic rings. The molecular formula is C16H19N3O4. The molecule has 7 nitrogen and oxygen atoms in total. The normalized spacial score (nSPS) is 13.2. The molecule has 0 fully saturated rings. The molecule has 0 aliphatic heterocycles. The lowest BCUT2D eigenvalue weighted by Gasteiger charge is -2.21. The zero-order chi connectivity index (χ0) is 17.0. The molecule has 2 aromatic rings. The summed E-state index contributed by atoms with van der Waals surface area (Å²) in [5, 5.41) is 24.2. The Balaban J connectivity index is 2.09. The van der Waals surface area contributed by atoms with E-state index in [0.29, 0.717) is 17.3 Å². The quantitative estimate of drug-likeness (QED) is 0.628. The molecular weight excluding hydrogens is 298 g/mol. The number of nitro groups is 1. The van der Waals surface area contributed by atoms with Crippen molar-refractivity contribution in [2.24, 2.45) is 0 Å². The third-order valence-electron chi connectivity index (χ3n) is 3.56. The highest BCUT2D eigenvalue weighted by Gasteiger charge is 2.18. The maximum atomic E-state index is 10.8. The number of methoxy groups -OCH3 is 1. The number of ether oxygens (including phenoxy) is 1. The molecule has 0 bridgehead atoms. The van der Waals surface area contributed by atoms with Gasteiger partial charge in [-0.2, -0.15) is 0 Å². The SMILES string of the molecule is COc1ccc([C@H](O)[C@@H](C)Nc2ccc([N+](=O)[O-])c(C)n2)cc1. The number of hydrogen-bond acceptors (Lipinski definition) is 6. The Morgan fingerprint density at radius 3 is 2.43 bits per heavy atom. The van der Waals surface area contributed by atoms with Crippen molar-refractivity contribution in [3.8, 4) is 5.75 Å². The summed E-state index contributed by atoms with van der Waals surface area (Å²) < 4.78 is 5.09. The minimum absolute atomic E-state index is 0.0288. The molecule has 1 aromatic heterocycles. The molecule has 0 radical (unpaired) electrons. The summed E-state index contributed by atoms with van der Waals surface area (Å²) in [6, 6.07) is 9.74. The van der Waals surface area contributed by atoms with Crippen LogP contribution in [0.15, 0.2) is 36.4 Å². The number of rotatable bonds is 6. The Bertz CT molecular complexity index is 688. The molecule has 1 heterocycles. The second kappa shape index (κ2) is 7.06. The molecule has 122 valence electrons. The summed E-state index contributed by atoms with van der Waals surface area (Å²) in [7, 11) is 1.58. The van der Waals surface area contributed by atoms with Gasteiger partial charge in [0.25, 0.3) is 5.69 Å². The molecule has 0 saturated heterocycles. The van der Waals surface area contributed by atoms with Crippen LogP contribution in [0, 0.1) is 17.0 Å². The van der Waals surface area contributed by atoms with Gasteiger partial charge in [0.05, 0.1) is 24.2 Å². The number of hydrogen-bond donors (Lipinski definition) is 2. The van der Waals surface area contributed by atoms with Crippen molar-refractivity contribution in [2.75, 3.05) is 12.4 Å². The van der Waals surface area contributed by atoms with Gasteiger partial charge in [0.2, 0.25) is 0 Å². The lowest BCUT2D eigenvalue weighted by atomic mass is 10.0. The second-order valence-corrected chi connectivity index (χ2v) is 5.21. The van der Waals surface area contributed by atoms with Crippen LogP contribution in [-0.2, 0) is 0 Å². The number of nitrogens with one attached hydrogen (secondary N) is 1. The highest BCUT2D eigenvalue weighted by Crippen LogP contribution is 2.23. The monoisotopic (exact) mass is 317 g/mol. The van der Waals surface area contributed by atoms with E-state index in [-0.39, 0.29) is 11.7 Å². The Labute approximate surface area is 134 Å². The van der Waals surface area contributed by atoms with E-state index in [2.05, 4.69) is 10.3 Å². The highest BCUT2D eigenvalue weighted by atomic mass is 16.6. The molecule has 2 N–H and O–H groups in total. The highest BCUT2D eigenvalue weighted by molar-refractivity contribution is 5.45. The van der Waals surface area contributed by atoms with Crippen molar-refractivity contribution in [3.63, 3.8) is 0 Å². The first-order valence-corrected chi connectivity index (χ1v) is 7.13. The van der Waals surface area contributed by atoms with Gasteiger partial charge < -0.3 is 15.2 Å². The van der Waals surface area contributed by atoms with Gasteiger partial charge in [0.15, 0.2) is 0 Å². The van der Waals surface area contributed by atoms with Crippen molar-refractivity contribution in [1.29, 1.82) is 0 Å². The lowest BCUT2D eigenvalue weighted by Crippen LogP contribution is -2.24. The average Bonchev–Trinajstić information content (AvgIpc) is 2.54. The van der Waals surface area contributed by atoms with Crippen LogP contribution in [0.2, 0.25) is 0 Å². The van der Waals surface area contributed by atoms with Crippen LogP contribution in [0.25, 0.3) is 0 Å².